The average molecular weight is 474 g/mol. The zero-order chi connectivity index (χ0) is 24.1. The van der Waals surface area contributed by atoms with Crippen molar-refractivity contribution in [2.75, 3.05) is 4.90 Å². The van der Waals surface area contributed by atoms with Gasteiger partial charge in [0.15, 0.2) is 0 Å². The Morgan fingerprint density at radius 3 is 2.51 bits per heavy atom. The van der Waals surface area contributed by atoms with E-state index in [0.29, 0.717) is 24.6 Å². The number of carboxylic acid groups (broad SMARTS) is 1. The molecule has 2 aromatic heterocycles. The van der Waals surface area contributed by atoms with Crippen molar-refractivity contribution in [3.05, 3.63) is 64.5 Å². The fraction of sp³-hybridized carbons (Fsp3) is 0.464. The lowest BCUT2D eigenvalue weighted by Crippen LogP contribution is -2.46. The highest BCUT2D eigenvalue weighted by Crippen LogP contribution is 2.45. The number of hydrogen-bond donors (Lipinski definition) is 1. The van der Waals surface area contributed by atoms with Gasteiger partial charge in [0.25, 0.3) is 0 Å². The first-order chi connectivity index (χ1) is 17.0. The average Bonchev–Trinajstić information content (AvgIpc) is 3.55. The highest BCUT2D eigenvalue weighted by molar-refractivity contribution is 5.87. The van der Waals surface area contributed by atoms with Gasteiger partial charge in [0.05, 0.1) is 18.3 Å². The molecule has 2 bridgehead atoms. The van der Waals surface area contributed by atoms with Gasteiger partial charge in [-0.05, 0) is 69.6 Å². The number of aromatic carboxylic acids is 1. The standard InChI is InChI=1S/C28H31N3O4/c1-16-5-3-4-6-23(16)25-24(26(35-30-25)18-7-8-18)15-34-22-12-20-9-10-21(13-22)31(20)27-17(2)11-19(14-29-27)28(32)33/h3-6,11,14,18,20-22H,7-10,12-13,15H2,1-2H3,(H,32,33)/t20-,21?,22-/m0/s1. The van der Waals surface area contributed by atoms with E-state index >= 15 is 0 Å². The van der Waals surface area contributed by atoms with Crippen molar-refractivity contribution >= 4 is 11.8 Å². The van der Waals surface area contributed by atoms with Crippen LogP contribution in [0.4, 0.5) is 5.82 Å². The van der Waals surface area contributed by atoms with E-state index in [1.165, 1.54) is 11.8 Å². The summed E-state index contributed by atoms with van der Waals surface area (Å²) in [4.78, 5) is 18.3. The predicted molar refractivity (Wildman–Crippen MR) is 132 cm³/mol. The minimum Gasteiger partial charge on any atom is -0.478 e. The lowest BCUT2D eigenvalue weighted by molar-refractivity contribution is 0.0145. The van der Waals surface area contributed by atoms with Crippen molar-refractivity contribution in [1.29, 1.82) is 0 Å². The lowest BCUT2D eigenvalue weighted by Gasteiger charge is -2.40. The first-order valence-corrected chi connectivity index (χ1v) is 12.6. The van der Waals surface area contributed by atoms with E-state index in [1.54, 1.807) is 6.07 Å². The Morgan fingerprint density at radius 2 is 1.86 bits per heavy atom. The summed E-state index contributed by atoms with van der Waals surface area (Å²) in [5.41, 5.74) is 5.49. The van der Waals surface area contributed by atoms with Crippen molar-refractivity contribution in [3.8, 4) is 11.3 Å². The maximum Gasteiger partial charge on any atom is 0.337 e. The summed E-state index contributed by atoms with van der Waals surface area (Å²) in [5.74, 6) is 1.45. The second-order valence-corrected chi connectivity index (χ2v) is 10.3. The molecule has 35 heavy (non-hydrogen) atoms. The van der Waals surface area contributed by atoms with Crippen molar-refractivity contribution in [2.24, 2.45) is 0 Å². The van der Waals surface area contributed by atoms with Gasteiger partial charge >= 0.3 is 5.97 Å². The number of rotatable bonds is 7. The van der Waals surface area contributed by atoms with E-state index in [1.807, 2.05) is 19.1 Å². The van der Waals surface area contributed by atoms with Crippen LogP contribution in [0.1, 0.15) is 77.3 Å². The van der Waals surface area contributed by atoms with Gasteiger partial charge in [-0.1, -0.05) is 29.4 Å². The zero-order valence-corrected chi connectivity index (χ0v) is 20.2. The molecule has 2 aliphatic heterocycles. The summed E-state index contributed by atoms with van der Waals surface area (Å²) >= 11 is 0. The number of carboxylic acids is 1. The quantitative estimate of drug-likeness (QED) is 0.475. The molecule has 1 aliphatic carbocycles. The van der Waals surface area contributed by atoms with E-state index in [-0.39, 0.29) is 11.7 Å². The number of ether oxygens (including phenoxy) is 1. The molecular formula is C28H31N3O4. The number of fused-ring (bicyclic) bond motifs is 2. The van der Waals surface area contributed by atoms with Gasteiger partial charge in [-0.3, -0.25) is 0 Å². The fourth-order valence-corrected chi connectivity index (χ4v) is 5.94. The second kappa shape index (κ2) is 8.79. The van der Waals surface area contributed by atoms with Crippen molar-refractivity contribution in [3.63, 3.8) is 0 Å². The minimum atomic E-state index is -0.938. The molecule has 0 amide bonds. The summed E-state index contributed by atoms with van der Waals surface area (Å²) in [6, 6.07) is 10.8. The molecule has 6 rings (SSSR count). The third-order valence-electron chi connectivity index (χ3n) is 7.86. The summed E-state index contributed by atoms with van der Waals surface area (Å²) in [7, 11) is 0. The molecule has 1 saturated carbocycles. The summed E-state index contributed by atoms with van der Waals surface area (Å²) < 4.78 is 12.4. The van der Waals surface area contributed by atoms with Crippen LogP contribution in [-0.2, 0) is 11.3 Å². The molecule has 4 heterocycles. The molecule has 7 heteroatoms. The monoisotopic (exact) mass is 473 g/mol. The number of hydrogen-bond acceptors (Lipinski definition) is 6. The predicted octanol–water partition coefficient (Wildman–Crippen LogP) is 5.65. The fourth-order valence-electron chi connectivity index (χ4n) is 5.94. The Morgan fingerprint density at radius 1 is 1.11 bits per heavy atom. The van der Waals surface area contributed by atoms with E-state index < -0.39 is 5.97 Å². The van der Waals surface area contributed by atoms with Gasteiger partial charge < -0.3 is 19.3 Å². The van der Waals surface area contributed by atoms with Gasteiger partial charge in [0.1, 0.15) is 17.3 Å². The first-order valence-electron chi connectivity index (χ1n) is 12.6. The van der Waals surface area contributed by atoms with Crippen LogP contribution < -0.4 is 4.90 Å². The smallest absolute Gasteiger partial charge is 0.337 e. The molecule has 0 radical (unpaired) electrons. The summed E-state index contributed by atoms with van der Waals surface area (Å²) in [6.07, 6.45) is 8.09. The Labute approximate surface area is 205 Å². The Bertz CT molecular complexity index is 1250. The molecule has 1 aromatic carbocycles. The van der Waals surface area contributed by atoms with E-state index in [9.17, 15) is 9.90 Å². The van der Waals surface area contributed by atoms with Gasteiger partial charge in [0, 0.05) is 35.3 Å². The maximum absolute atomic E-state index is 11.3. The minimum absolute atomic E-state index is 0.175. The number of pyridine rings is 1. The molecule has 182 valence electrons. The molecule has 1 N–H and O–H groups in total. The van der Waals surface area contributed by atoms with Crippen LogP contribution in [0.25, 0.3) is 11.3 Å². The van der Waals surface area contributed by atoms with Crippen LogP contribution in [0.2, 0.25) is 0 Å². The number of aromatic nitrogens is 2. The third kappa shape index (κ3) is 4.12. The summed E-state index contributed by atoms with van der Waals surface area (Å²) in [5, 5.41) is 13.8. The molecule has 3 aromatic rings. The van der Waals surface area contributed by atoms with Gasteiger partial charge in [-0.2, -0.15) is 0 Å². The number of nitrogens with zero attached hydrogens (tertiary/aromatic N) is 3. The van der Waals surface area contributed by atoms with Gasteiger partial charge in [0.2, 0.25) is 0 Å². The normalized spacial score (nSPS) is 23.6. The number of benzene rings is 1. The van der Waals surface area contributed by atoms with Crippen LogP contribution in [0, 0.1) is 13.8 Å². The SMILES string of the molecule is Cc1ccccc1-c1noc(C2CC2)c1CO[C@@H]1CC2CC[C@@H](C1)N2c1ncc(C(=O)O)cc1C. The van der Waals surface area contributed by atoms with Crippen LogP contribution in [0.5, 0.6) is 0 Å². The van der Waals surface area contributed by atoms with Crippen molar-refractivity contribution in [2.45, 2.75) is 83.1 Å². The highest BCUT2D eigenvalue weighted by Gasteiger charge is 2.43. The number of carbonyl (C=O) groups is 1. The zero-order valence-electron chi connectivity index (χ0n) is 20.2. The van der Waals surface area contributed by atoms with Crippen LogP contribution in [0.3, 0.4) is 0 Å². The maximum atomic E-state index is 11.3. The van der Waals surface area contributed by atoms with E-state index in [0.717, 1.165) is 72.5 Å². The molecule has 1 unspecified atom stereocenters. The third-order valence-corrected chi connectivity index (χ3v) is 7.86. The highest BCUT2D eigenvalue weighted by atomic mass is 16.5. The van der Waals surface area contributed by atoms with Crippen molar-refractivity contribution < 1.29 is 19.2 Å². The van der Waals surface area contributed by atoms with Crippen LogP contribution in [-0.4, -0.2) is 39.4 Å². The van der Waals surface area contributed by atoms with Crippen LogP contribution >= 0.6 is 0 Å². The van der Waals surface area contributed by atoms with E-state index in [2.05, 4.69) is 34.1 Å². The second-order valence-electron chi connectivity index (χ2n) is 10.3. The molecule has 0 spiro atoms. The molecule has 3 atom stereocenters. The van der Waals surface area contributed by atoms with Gasteiger partial charge in [-0.15, -0.1) is 0 Å². The van der Waals surface area contributed by atoms with Crippen molar-refractivity contribution in [1.82, 2.24) is 10.1 Å². The number of aryl methyl sites for hydroxylation is 2. The Hall–Kier alpha value is -3.19. The Kier molecular flexibility index (Phi) is 5.60. The Balaban J connectivity index is 1.19. The molecule has 2 saturated heterocycles. The number of piperidine rings is 1. The lowest BCUT2D eigenvalue weighted by atomic mass is 9.98. The number of anilines is 1. The van der Waals surface area contributed by atoms with Gasteiger partial charge in [-0.25, -0.2) is 9.78 Å². The molecular weight excluding hydrogens is 442 g/mol. The summed E-state index contributed by atoms with van der Waals surface area (Å²) in [6.45, 7) is 4.58. The molecule has 3 aliphatic rings. The first kappa shape index (κ1) is 22.3. The largest absolute Gasteiger partial charge is 0.478 e. The van der Waals surface area contributed by atoms with E-state index in [4.69, 9.17) is 9.26 Å². The molecule has 7 nitrogen and oxygen atoms in total. The topological polar surface area (TPSA) is 88.7 Å². The van der Waals surface area contributed by atoms with Crippen LogP contribution in [0.15, 0.2) is 41.1 Å². The molecule has 3 fully saturated rings.